The van der Waals surface area contributed by atoms with Gasteiger partial charge in [0.1, 0.15) is 0 Å². The molecule has 92 valence electrons. The lowest BCUT2D eigenvalue weighted by atomic mass is 9.99. The number of nitrogens with zero attached hydrogens (tertiary/aromatic N) is 1. The van der Waals surface area contributed by atoms with E-state index < -0.39 is 0 Å². The molecule has 2 rings (SSSR count). The Labute approximate surface area is 104 Å². The molecule has 2 heteroatoms. The molecule has 0 aliphatic carbocycles. The number of fused-ring (bicyclic) bond motifs is 1. The number of rotatable bonds is 4. The normalized spacial score (nSPS) is 14.6. The Morgan fingerprint density at radius 2 is 2.29 bits per heavy atom. The Bertz CT molecular complexity index is 409. The van der Waals surface area contributed by atoms with Crippen LogP contribution in [0.25, 0.3) is 0 Å². The Morgan fingerprint density at radius 1 is 1.47 bits per heavy atom. The summed E-state index contributed by atoms with van der Waals surface area (Å²) in [7, 11) is 2.18. The fourth-order valence-corrected chi connectivity index (χ4v) is 2.37. The van der Waals surface area contributed by atoms with Crippen molar-refractivity contribution in [3.8, 4) is 0 Å². The van der Waals surface area contributed by atoms with E-state index in [9.17, 15) is 0 Å². The van der Waals surface area contributed by atoms with Crippen molar-refractivity contribution in [1.82, 2.24) is 5.32 Å². The van der Waals surface area contributed by atoms with Crippen LogP contribution >= 0.6 is 0 Å². The number of nitrogens with one attached hydrogen (secondary N) is 1. The van der Waals surface area contributed by atoms with Crippen LogP contribution in [-0.2, 0) is 13.0 Å². The fourth-order valence-electron chi connectivity index (χ4n) is 2.37. The second-order valence-corrected chi connectivity index (χ2v) is 5.05. The maximum atomic E-state index is 3.90. The lowest BCUT2D eigenvalue weighted by Crippen LogP contribution is -2.25. The molecular weight excluding hydrogens is 208 g/mol. The second kappa shape index (κ2) is 5.37. The van der Waals surface area contributed by atoms with Gasteiger partial charge < -0.3 is 10.2 Å². The molecule has 1 aliphatic rings. The molecule has 17 heavy (non-hydrogen) atoms. The molecule has 1 aromatic carbocycles. The van der Waals surface area contributed by atoms with Crippen molar-refractivity contribution in [3.63, 3.8) is 0 Å². The van der Waals surface area contributed by atoms with E-state index >= 15 is 0 Å². The Kier molecular flexibility index (Phi) is 3.85. The highest BCUT2D eigenvalue weighted by atomic mass is 15.1. The second-order valence-electron chi connectivity index (χ2n) is 5.05. The highest BCUT2D eigenvalue weighted by Gasteiger charge is 2.13. The molecule has 0 unspecified atom stereocenters. The van der Waals surface area contributed by atoms with Crippen LogP contribution in [0.15, 0.2) is 30.4 Å². The fraction of sp³-hybridized carbons (Fsp3) is 0.467. The van der Waals surface area contributed by atoms with Crippen molar-refractivity contribution in [1.29, 1.82) is 0 Å². The summed E-state index contributed by atoms with van der Waals surface area (Å²) in [6, 6.07) is 6.83. The summed E-state index contributed by atoms with van der Waals surface area (Å²) in [6.45, 7) is 8.96. The van der Waals surface area contributed by atoms with Gasteiger partial charge in [-0.15, -0.1) is 0 Å². The van der Waals surface area contributed by atoms with E-state index in [4.69, 9.17) is 0 Å². The van der Waals surface area contributed by atoms with Crippen molar-refractivity contribution < 1.29 is 0 Å². The van der Waals surface area contributed by atoms with E-state index in [1.165, 1.54) is 41.8 Å². The first-order chi connectivity index (χ1) is 8.16. The van der Waals surface area contributed by atoms with Gasteiger partial charge in [-0.25, -0.2) is 0 Å². The Balaban J connectivity index is 2.03. The maximum Gasteiger partial charge on any atom is 0.0396 e. The van der Waals surface area contributed by atoms with Gasteiger partial charge in [0.25, 0.3) is 0 Å². The lowest BCUT2D eigenvalue weighted by molar-refractivity contribution is 0.725. The zero-order chi connectivity index (χ0) is 12.3. The first kappa shape index (κ1) is 12.2. The molecule has 1 aliphatic heterocycles. The monoisotopic (exact) mass is 230 g/mol. The number of hydrogen-bond acceptors (Lipinski definition) is 2. The first-order valence-electron chi connectivity index (χ1n) is 6.35. The van der Waals surface area contributed by atoms with Gasteiger partial charge in [-0.1, -0.05) is 24.3 Å². The number of anilines is 1. The number of aryl methyl sites for hydroxylation is 1. The molecule has 0 bridgehead atoms. The third-order valence-electron chi connectivity index (χ3n) is 3.25. The summed E-state index contributed by atoms with van der Waals surface area (Å²) in [5, 5.41) is 3.41. The van der Waals surface area contributed by atoms with Gasteiger partial charge in [-0.2, -0.15) is 0 Å². The molecule has 0 atom stereocenters. The molecule has 2 nitrogen and oxygen atoms in total. The van der Waals surface area contributed by atoms with Crippen molar-refractivity contribution in [3.05, 3.63) is 41.5 Å². The predicted molar refractivity (Wildman–Crippen MR) is 74.6 cm³/mol. The summed E-state index contributed by atoms with van der Waals surface area (Å²) in [4.78, 5) is 2.35. The van der Waals surface area contributed by atoms with E-state index in [1.807, 2.05) is 0 Å². The van der Waals surface area contributed by atoms with Crippen LogP contribution < -0.4 is 10.2 Å². The minimum atomic E-state index is 0.900. The first-order valence-corrected chi connectivity index (χ1v) is 6.35. The summed E-state index contributed by atoms with van der Waals surface area (Å²) in [5.74, 6) is 0. The average molecular weight is 230 g/mol. The van der Waals surface area contributed by atoms with E-state index in [1.54, 1.807) is 0 Å². The lowest BCUT2D eigenvalue weighted by Gasteiger charge is -2.27. The minimum Gasteiger partial charge on any atom is -0.374 e. The Hall–Kier alpha value is -1.28. The van der Waals surface area contributed by atoms with E-state index in [-0.39, 0.29) is 0 Å². The quantitative estimate of drug-likeness (QED) is 0.800. The van der Waals surface area contributed by atoms with Crippen molar-refractivity contribution in [2.45, 2.75) is 26.3 Å². The molecule has 1 N–H and O–H groups in total. The van der Waals surface area contributed by atoms with Crippen LogP contribution in [0.3, 0.4) is 0 Å². The zero-order valence-electron chi connectivity index (χ0n) is 10.9. The topological polar surface area (TPSA) is 15.3 Å². The highest BCUT2D eigenvalue weighted by Crippen LogP contribution is 2.26. The molecule has 1 aromatic rings. The standard InChI is InChI=1S/C15H22N2/c1-12(2)10-16-11-13-6-7-15-14(9-13)5-4-8-17(15)3/h6-7,9,16H,1,4-5,8,10-11H2,2-3H3. The van der Waals surface area contributed by atoms with E-state index in [0.29, 0.717) is 0 Å². The van der Waals surface area contributed by atoms with Gasteiger partial charge in [0, 0.05) is 32.4 Å². The summed E-state index contributed by atoms with van der Waals surface area (Å²) in [6.07, 6.45) is 2.49. The molecule has 0 fully saturated rings. The Morgan fingerprint density at radius 3 is 3.06 bits per heavy atom. The van der Waals surface area contributed by atoms with Crippen molar-refractivity contribution in [2.24, 2.45) is 0 Å². The molecule has 0 radical (unpaired) electrons. The van der Waals surface area contributed by atoms with Crippen LogP contribution in [0.4, 0.5) is 5.69 Å². The number of benzene rings is 1. The van der Waals surface area contributed by atoms with Crippen LogP contribution in [-0.4, -0.2) is 20.1 Å². The van der Waals surface area contributed by atoms with Gasteiger partial charge in [0.2, 0.25) is 0 Å². The van der Waals surface area contributed by atoms with Crippen molar-refractivity contribution >= 4 is 5.69 Å². The average Bonchev–Trinajstić information content (AvgIpc) is 2.29. The third-order valence-corrected chi connectivity index (χ3v) is 3.25. The van der Waals surface area contributed by atoms with Crippen LogP contribution in [0.5, 0.6) is 0 Å². The minimum absolute atomic E-state index is 0.900. The van der Waals surface area contributed by atoms with Gasteiger partial charge >= 0.3 is 0 Å². The number of hydrogen-bond donors (Lipinski definition) is 1. The molecule has 1 heterocycles. The van der Waals surface area contributed by atoms with Gasteiger partial charge in [0.15, 0.2) is 0 Å². The van der Waals surface area contributed by atoms with E-state index in [2.05, 4.69) is 49.0 Å². The predicted octanol–water partition coefficient (Wildman–Crippen LogP) is 2.73. The maximum absolute atomic E-state index is 3.90. The van der Waals surface area contributed by atoms with Crippen LogP contribution in [0, 0.1) is 0 Å². The molecule has 0 spiro atoms. The summed E-state index contributed by atoms with van der Waals surface area (Å²) < 4.78 is 0. The molecule has 0 saturated carbocycles. The van der Waals surface area contributed by atoms with Gasteiger partial charge in [-0.05, 0) is 37.0 Å². The van der Waals surface area contributed by atoms with Gasteiger partial charge in [-0.3, -0.25) is 0 Å². The summed E-state index contributed by atoms with van der Waals surface area (Å²) >= 11 is 0. The zero-order valence-corrected chi connectivity index (χ0v) is 10.9. The van der Waals surface area contributed by atoms with E-state index in [0.717, 1.165) is 13.1 Å². The summed E-state index contributed by atoms with van der Waals surface area (Å²) in [5.41, 5.74) is 5.45. The largest absolute Gasteiger partial charge is 0.374 e. The van der Waals surface area contributed by atoms with Crippen LogP contribution in [0.1, 0.15) is 24.5 Å². The SMILES string of the molecule is C=C(C)CNCc1ccc2c(c1)CCCN2C. The van der Waals surface area contributed by atoms with Crippen molar-refractivity contribution in [2.75, 3.05) is 25.0 Å². The highest BCUT2D eigenvalue weighted by molar-refractivity contribution is 5.56. The van der Waals surface area contributed by atoms with Gasteiger partial charge in [0.05, 0.1) is 0 Å². The molecule has 0 saturated heterocycles. The molecule has 0 amide bonds. The third kappa shape index (κ3) is 3.10. The smallest absolute Gasteiger partial charge is 0.0396 e. The van der Waals surface area contributed by atoms with Crippen LogP contribution in [0.2, 0.25) is 0 Å². The molecular formula is C15H22N2. The molecule has 0 aromatic heterocycles.